The van der Waals surface area contributed by atoms with Crippen molar-refractivity contribution < 1.29 is 0 Å². The van der Waals surface area contributed by atoms with Gasteiger partial charge in [0.1, 0.15) is 0 Å². The third-order valence-corrected chi connectivity index (χ3v) is 3.57. The maximum absolute atomic E-state index is 5.75. The van der Waals surface area contributed by atoms with Crippen LogP contribution in [0.2, 0.25) is 0 Å². The van der Waals surface area contributed by atoms with E-state index in [0.29, 0.717) is 0 Å². The van der Waals surface area contributed by atoms with Gasteiger partial charge in [-0.05, 0) is 43.9 Å². The highest BCUT2D eigenvalue weighted by Gasteiger charge is 2.13. The van der Waals surface area contributed by atoms with Crippen molar-refractivity contribution in [2.24, 2.45) is 5.84 Å². The molecule has 0 bridgehead atoms. The molecule has 2 aromatic rings. The smallest absolute Gasteiger partial charge is 0.0503 e. The maximum atomic E-state index is 5.75. The minimum atomic E-state index is 0.155. The maximum Gasteiger partial charge on any atom is 0.0503 e. The van der Waals surface area contributed by atoms with Crippen molar-refractivity contribution in [1.29, 1.82) is 0 Å². The van der Waals surface area contributed by atoms with Crippen molar-refractivity contribution in [3.8, 4) is 0 Å². The lowest BCUT2D eigenvalue weighted by Crippen LogP contribution is -2.30. The Hall–Kier alpha value is -1.64. The van der Waals surface area contributed by atoms with Crippen LogP contribution < -0.4 is 11.3 Å². The summed E-state index contributed by atoms with van der Waals surface area (Å²) in [5.41, 5.74) is 9.36. The van der Waals surface area contributed by atoms with Crippen LogP contribution in [0.4, 0.5) is 0 Å². The molecular formula is C17H22N2. The van der Waals surface area contributed by atoms with Crippen molar-refractivity contribution in [2.75, 3.05) is 0 Å². The molecule has 0 fully saturated rings. The molecular weight excluding hydrogens is 232 g/mol. The van der Waals surface area contributed by atoms with Gasteiger partial charge in [-0.25, -0.2) is 0 Å². The number of hydrogen-bond acceptors (Lipinski definition) is 2. The fraction of sp³-hybridized carbons (Fsp3) is 0.294. The van der Waals surface area contributed by atoms with Gasteiger partial charge in [-0.15, -0.1) is 0 Å². The first-order valence-corrected chi connectivity index (χ1v) is 6.69. The first kappa shape index (κ1) is 13.8. The fourth-order valence-corrected chi connectivity index (χ4v) is 2.35. The number of hydrazine groups is 1. The van der Waals surface area contributed by atoms with Gasteiger partial charge in [-0.1, -0.05) is 53.6 Å². The predicted octanol–water partition coefficient (Wildman–Crippen LogP) is 3.36. The van der Waals surface area contributed by atoms with E-state index in [-0.39, 0.29) is 6.04 Å². The average molecular weight is 254 g/mol. The standard InChI is InChI=1S/C17H22N2/c1-12-5-8-15(9-6-12)11-17(19-18)16-10-13(2)4-7-14(16)3/h4-10,17,19H,11,18H2,1-3H3. The Morgan fingerprint density at radius 3 is 2.21 bits per heavy atom. The highest BCUT2D eigenvalue weighted by Crippen LogP contribution is 2.22. The molecule has 0 spiro atoms. The van der Waals surface area contributed by atoms with E-state index in [1.165, 1.54) is 27.8 Å². The molecule has 3 N–H and O–H groups in total. The topological polar surface area (TPSA) is 38.0 Å². The zero-order valence-corrected chi connectivity index (χ0v) is 11.9. The second-order valence-electron chi connectivity index (χ2n) is 5.27. The van der Waals surface area contributed by atoms with Crippen molar-refractivity contribution in [3.63, 3.8) is 0 Å². The second-order valence-corrected chi connectivity index (χ2v) is 5.27. The summed E-state index contributed by atoms with van der Waals surface area (Å²) in [6.07, 6.45) is 0.904. The van der Waals surface area contributed by atoms with Crippen molar-refractivity contribution >= 4 is 0 Å². The van der Waals surface area contributed by atoms with Gasteiger partial charge in [0.15, 0.2) is 0 Å². The Bertz CT molecular complexity index is 544. The predicted molar refractivity (Wildman–Crippen MR) is 80.9 cm³/mol. The van der Waals surface area contributed by atoms with Crippen LogP contribution in [0.25, 0.3) is 0 Å². The summed E-state index contributed by atoms with van der Waals surface area (Å²) in [6.45, 7) is 6.35. The molecule has 0 aromatic heterocycles. The van der Waals surface area contributed by atoms with E-state index >= 15 is 0 Å². The van der Waals surface area contributed by atoms with E-state index in [0.717, 1.165) is 6.42 Å². The summed E-state index contributed by atoms with van der Waals surface area (Å²) in [5.74, 6) is 5.75. The molecule has 0 aliphatic carbocycles. The number of hydrogen-bond donors (Lipinski definition) is 2. The molecule has 19 heavy (non-hydrogen) atoms. The van der Waals surface area contributed by atoms with Gasteiger partial charge >= 0.3 is 0 Å². The quantitative estimate of drug-likeness (QED) is 0.648. The van der Waals surface area contributed by atoms with Crippen LogP contribution in [0, 0.1) is 20.8 Å². The summed E-state index contributed by atoms with van der Waals surface area (Å²) >= 11 is 0. The molecule has 2 nitrogen and oxygen atoms in total. The van der Waals surface area contributed by atoms with Gasteiger partial charge in [0.2, 0.25) is 0 Å². The van der Waals surface area contributed by atoms with Gasteiger partial charge in [0.05, 0.1) is 6.04 Å². The van der Waals surface area contributed by atoms with Crippen LogP contribution >= 0.6 is 0 Å². The Balaban J connectivity index is 2.24. The molecule has 100 valence electrons. The summed E-state index contributed by atoms with van der Waals surface area (Å²) in [6, 6.07) is 15.3. The lowest BCUT2D eigenvalue weighted by molar-refractivity contribution is 0.549. The first-order chi connectivity index (χ1) is 9.10. The van der Waals surface area contributed by atoms with Crippen molar-refractivity contribution in [3.05, 3.63) is 70.3 Å². The third-order valence-electron chi connectivity index (χ3n) is 3.57. The molecule has 2 aromatic carbocycles. The molecule has 0 amide bonds. The van der Waals surface area contributed by atoms with E-state index in [4.69, 9.17) is 5.84 Å². The van der Waals surface area contributed by atoms with Crippen LogP contribution in [0.1, 0.15) is 33.9 Å². The summed E-state index contributed by atoms with van der Waals surface area (Å²) in [5, 5.41) is 0. The Morgan fingerprint density at radius 1 is 0.947 bits per heavy atom. The zero-order chi connectivity index (χ0) is 13.8. The van der Waals surface area contributed by atoms with Gasteiger partial charge in [-0.3, -0.25) is 11.3 Å². The van der Waals surface area contributed by atoms with Crippen molar-refractivity contribution in [1.82, 2.24) is 5.43 Å². The molecule has 1 atom stereocenters. The largest absolute Gasteiger partial charge is 0.271 e. The number of aryl methyl sites for hydroxylation is 3. The number of nitrogens with one attached hydrogen (secondary N) is 1. The summed E-state index contributed by atoms with van der Waals surface area (Å²) in [7, 11) is 0. The van der Waals surface area contributed by atoms with Crippen LogP contribution in [0.5, 0.6) is 0 Å². The molecule has 0 heterocycles. The molecule has 2 heteroatoms. The van der Waals surface area contributed by atoms with Gasteiger partial charge in [0, 0.05) is 0 Å². The van der Waals surface area contributed by atoms with Crippen molar-refractivity contribution in [2.45, 2.75) is 33.2 Å². The fourth-order valence-electron chi connectivity index (χ4n) is 2.35. The Labute approximate surface area is 115 Å². The highest BCUT2D eigenvalue weighted by atomic mass is 15.2. The monoisotopic (exact) mass is 254 g/mol. The summed E-state index contributed by atoms with van der Waals surface area (Å²) < 4.78 is 0. The van der Waals surface area contributed by atoms with Crippen LogP contribution in [0.15, 0.2) is 42.5 Å². The van der Waals surface area contributed by atoms with E-state index in [1.807, 2.05) is 0 Å². The minimum absolute atomic E-state index is 0.155. The van der Waals surface area contributed by atoms with Crippen LogP contribution in [-0.2, 0) is 6.42 Å². The molecule has 0 aliphatic heterocycles. The second kappa shape index (κ2) is 6.00. The van der Waals surface area contributed by atoms with E-state index < -0.39 is 0 Å². The Morgan fingerprint density at radius 2 is 1.58 bits per heavy atom. The van der Waals surface area contributed by atoms with E-state index in [1.54, 1.807) is 0 Å². The van der Waals surface area contributed by atoms with Gasteiger partial charge < -0.3 is 0 Å². The number of benzene rings is 2. The van der Waals surface area contributed by atoms with Gasteiger partial charge in [-0.2, -0.15) is 0 Å². The third kappa shape index (κ3) is 3.43. The van der Waals surface area contributed by atoms with Crippen LogP contribution in [-0.4, -0.2) is 0 Å². The highest BCUT2D eigenvalue weighted by molar-refractivity contribution is 5.34. The average Bonchev–Trinajstić information content (AvgIpc) is 2.41. The van der Waals surface area contributed by atoms with E-state index in [2.05, 4.69) is 68.7 Å². The normalized spacial score (nSPS) is 12.4. The van der Waals surface area contributed by atoms with E-state index in [9.17, 15) is 0 Å². The molecule has 0 saturated heterocycles. The van der Waals surface area contributed by atoms with Crippen LogP contribution in [0.3, 0.4) is 0 Å². The Kier molecular flexibility index (Phi) is 4.35. The number of nitrogens with two attached hydrogens (primary N) is 1. The molecule has 0 aliphatic rings. The molecule has 0 radical (unpaired) electrons. The zero-order valence-electron chi connectivity index (χ0n) is 11.9. The molecule has 1 unspecified atom stereocenters. The lowest BCUT2D eigenvalue weighted by atomic mass is 9.94. The first-order valence-electron chi connectivity index (χ1n) is 6.69. The SMILES string of the molecule is Cc1ccc(CC(NN)c2cc(C)ccc2C)cc1. The number of rotatable bonds is 4. The molecule has 2 rings (SSSR count). The summed E-state index contributed by atoms with van der Waals surface area (Å²) in [4.78, 5) is 0. The molecule has 0 saturated carbocycles. The minimum Gasteiger partial charge on any atom is -0.271 e. The van der Waals surface area contributed by atoms with Gasteiger partial charge in [0.25, 0.3) is 0 Å². The lowest BCUT2D eigenvalue weighted by Gasteiger charge is -2.19.